The smallest absolute Gasteiger partial charge is 0.128 e. The minimum atomic E-state index is 0. The fourth-order valence-corrected chi connectivity index (χ4v) is 3.87. The summed E-state index contributed by atoms with van der Waals surface area (Å²) in [6.45, 7) is 9.37. The van der Waals surface area contributed by atoms with Gasteiger partial charge in [-0.25, -0.2) is 0 Å². The summed E-state index contributed by atoms with van der Waals surface area (Å²) in [6, 6.07) is 12.6. The highest BCUT2D eigenvalue weighted by Crippen LogP contribution is 2.30. The van der Waals surface area contributed by atoms with E-state index >= 15 is 0 Å². The fraction of sp³-hybridized carbons (Fsp3) is 0.593. The van der Waals surface area contributed by atoms with Crippen LogP contribution >= 0.6 is 12.4 Å². The lowest BCUT2D eigenvalue weighted by Crippen LogP contribution is -2.33. The van der Waals surface area contributed by atoms with Crippen molar-refractivity contribution in [3.63, 3.8) is 0 Å². The second-order valence-electron chi connectivity index (χ2n) is 8.32. The van der Waals surface area contributed by atoms with Gasteiger partial charge < -0.3 is 9.64 Å². The standard InChI is InChI=1S/C27H42N2O.ClH/c1-4-7-10-11-12-15-22-30-26-19-18-25(23-16-13-14-17-24(23)26)27(28)29(20-8-5-2)21-9-6-3;/h13-14,16-19,28H,4-12,15,20-22H2,1-3H3;1H. The number of rotatable bonds is 15. The van der Waals surface area contributed by atoms with Gasteiger partial charge in [-0.2, -0.15) is 0 Å². The molecule has 2 aromatic carbocycles. The number of amidine groups is 1. The number of hydrogen-bond acceptors (Lipinski definition) is 2. The molecule has 3 nitrogen and oxygen atoms in total. The van der Waals surface area contributed by atoms with Gasteiger partial charge in [0.15, 0.2) is 0 Å². The Hall–Kier alpha value is -1.74. The Bertz CT molecular complexity index is 754. The summed E-state index contributed by atoms with van der Waals surface area (Å²) < 4.78 is 6.17. The molecule has 0 saturated carbocycles. The molecule has 174 valence electrons. The molecule has 0 fully saturated rings. The molecular formula is C27H43ClN2O. The zero-order chi connectivity index (χ0) is 21.6. The van der Waals surface area contributed by atoms with Crippen molar-refractivity contribution in [1.29, 1.82) is 5.41 Å². The SMILES string of the molecule is CCCCCCCCOc1ccc(C(=N)N(CCCC)CCCC)c2ccccc12.Cl. The highest BCUT2D eigenvalue weighted by molar-refractivity contribution is 6.09. The molecule has 0 aromatic heterocycles. The second-order valence-corrected chi connectivity index (χ2v) is 8.32. The lowest BCUT2D eigenvalue weighted by molar-refractivity contribution is 0.308. The van der Waals surface area contributed by atoms with Gasteiger partial charge in [0.25, 0.3) is 0 Å². The highest BCUT2D eigenvalue weighted by atomic mass is 35.5. The Morgan fingerprint density at radius 3 is 1.97 bits per heavy atom. The summed E-state index contributed by atoms with van der Waals surface area (Å²) in [5, 5.41) is 11.2. The topological polar surface area (TPSA) is 36.3 Å². The van der Waals surface area contributed by atoms with Crippen molar-refractivity contribution in [2.24, 2.45) is 0 Å². The van der Waals surface area contributed by atoms with E-state index in [0.717, 1.165) is 73.9 Å². The molecule has 2 aromatic rings. The molecule has 0 amide bonds. The molecule has 1 N–H and O–H groups in total. The maximum atomic E-state index is 8.93. The zero-order valence-corrected chi connectivity index (χ0v) is 20.7. The van der Waals surface area contributed by atoms with E-state index in [-0.39, 0.29) is 12.4 Å². The summed E-state index contributed by atoms with van der Waals surface area (Å²) in [4.78, 5) is 2.26. The number of fused-ring (bicyclic) bond motifs is 1. The molecule has 0 atom stereocenters. The monoisotopic (exact) mass is 446 g/mol. The average Bonchev–Trinajstić information content (AvgIpc) is 2.78. The Morgan fingerprint density at radius 1 is 0.742 bits per heavy atom. The van der Waals surface area contributed by atoms with Gasteiger partial charge in [-0.1, -0.05) is 90.0 Å². The van der Waals surface area contributed by atoms with E-state index in [1.807, 2.05) is 0 Å². The van der Waals surface area contributed by atoms with Crippen molar-refractivity contribution in [3.05, 3.63) is 42.0 Å². The first kappa shape index (κ1) is 27.3. The molecule has 0 heterocycles. The van der Waals surface area contributed by atoms with Crippen LogP contribution in [0.3, 0.4) is 0 Å². The van der Waals surface area contributed by atoms with Crippen molar-refractivity contribution in [3.8, 4) is 5.75 Å². The molecule has 0 saturated heterocycles. The van der Waals surface area contributed by atoms with Gasteiger partial charge in [0.1, 0.15) is 11.6 Å². The maximum absolute atomic E-state index is 8.93. The van der Waals surface area contributed by atoms with E-state index in [1.165, 1.54) is 32.1 Å². The third-order valence-corrected chi connectivity index (χ3v) is 5.77. The molecule has 0 bridgehead atoms. The lowest BCUT2D eigenvalue weighted by atomic mass is 10.0. The minimum absolute atomic E-state index is 0. The van der Waals surface area contributed by atoms with Gasteiger partial charge in [0.2, 0.25) is 0 Å². The summed E-state index contributed by atoms with van der Waals surface area (Å²) in [5.74, 6) is 1.60. The molecule has 0 aliphatic carbocycles. The lowest BCUT2D eigenvalue weighted by Gasteiger charge is -2.26. The van der Waals surface area contributed by atoms with Crippen molar-refractivity contribution in [2.45, 2.75) is 85.0 Å². The molecule has 0 aliphatic rings. The number of hydrogen-bond donors (Lipinski definition) is 1. The van der Waals surface area contributed by atoms with Crippen LogP contribution in [0.1, 0.15) is 90.5 Å². The molecule has 0 radical (unpaired) electrons. The summed E-state index contributed by atoms with van der Waals surface area (Å²) in [7, 11) is 0. The third-order valence-electron chi connectivity index (χ3n) is 5.77. The highest BCUT2D eigenvalue weighted by Gasteiger charge is 2.15. The summed E-state index contributed by atoms with van der Waals surface area (Å²) in [6.07, 6.45) is 12.2. The second kappa shape index (κ2) is 16.0. The molecule has 0 aliphatic heterocycles. The van der Waals surface area contributed by atoms with E-state index in [1.54, 1.807) is 0 Å². The number of nitrogens with zero attached hydrogens (tertiary/aromatic N) is 1. The van der Waals surface area contributed by atoms with E-state index in [2.05, 4.69) is 62.1 Å². The number of benzene rings is 2. The van der Waals surface area contributed by atoms with Gasteiger partial charge in [0, 0.05) is 24.0 Å². The van der Waals surface area contributed by atoms with Crippen LogP contribution in [0.15, 0.2) is 36.4 Å². The van der Waals surface area contributed by atoms with Crippen LogP contribution in [0.25, 0.3) is 10.8 Å². The minimum Gasteiger partial charge on any atom is -0.493 e. The average molecular weight is 447 g/mol. The number of ether oxygens (including phenoxy) is 1. The quantitative estimate of drug-likeness (QED) is 0.170. The Balaban J connectivity index is 0.00000480. The van der Waals surface area contributed by atoms with E-state index in [9.17, 15) is 0 Å². The van der Waals surface area contributed by atoms with Crippen LogP contribution < -0.4 is 4.74 Å². The first-order valence-electron chi connectivity index (χ1n) is 12.2. The van der Waals surface area contributed by atoms with Crippen molar-refractivity contribution in [2.75, 3.05) is 19.7 Å². The van der Waals surface area contributed by atoms with Crippen LogP contribution in [-0.2, 0) is 0 Å². The van der Waals surface area contributed by atoms with Crippen LogP contribution in [0.4, 0.5) is 0 Å². The molecule has 0 spiro atoms. The van der Waals surface area contributed by atoms with Crippen molar-refractivity contribution in [1.82, 2.24) is 4.90 Å². The van der Waals surface area contributed by atoms with E-state index in [4.69, 9.17) is 10.1 Å². The zero-order valence-electron chi connectivity index (χ0n) is 19.9. The molecular weight excluding hydrogens is 404 g/mol. The van der Waals surface area contributed by atoms with Crippen LogP contribution in [-0.4, -0.2) is 30.4 Å². The van der Waals surface area contributed by atoms with Gasteiger partial charge in [-0.15, -0.1) is 12.4 Å². The van der Waals surface area contributed by atoms with E-state index in [0.29, 0.717) is 5.84 Å². The summed E-state index contributed by atoms with van der Waals surface area (Å²) >= 11 is 0. The van der Waals surface area contributed by atoms with Crippen molar-refractivity contribution >= 4 is 29.0 Å². The van der Waals surface area contributed by atoms with Gasteiger partial charge >= 0.3 is 0 Å². The molecule has 4 heteroatoms. The van der Waals surface area contributed by atoms with E-state index < -0.39 is 0 Å². The molecule has 31 heavy (non-hydrogen) atoms. The number of halogens is 1. The number of unbranched alkanes of at least 4 members (excludes halogenated alkanes) is 7. The van der Waals surface area contributed by atoms with Gasteiger partial charge in [-0.3, -0.25) is 5.41 Å². The van der Waals surface area contributed by atoms with Crippen molar-refractivity contribution < 1.29 is 4.74 Å². The summed E-state index contributed by atoms with van der Waals surface area (Å²) in [5.41, 5.74) is 1.02. The number of nitrogens with one attached hydrogen (secondary N) is 1. The Kier molecular flexibility index (Phi) is 14.1. The normalized spacial score (nSPS) is 10.7. The third kappa shape index (κ3) is 8.73. The Morgan fingerprint density at radius 2 is 1.32 bits per heavy atom. The van der Waals surface area contributed by atoms with Gasteiger partial charge in [-0.05, 0) is 36.8 Å². The van der Waals surface area contributed by atoms with Gasteiger partial charge in [0.05, 0.1) is 6.61 Å². The maximum Gasteiger partial charge on any atom is 0.128 e. The Labute approximate surface area is 196 Å². The predicted molar refractivity (Wildman–Crippen MR) is 138 cm³/mol. The van der Waals surface area contributed by atoms with Crippen LogP contribution in [0.2, 0.25) is 0 Å². The first-order valence-corrected chi connectivity index (χ1v) is 12.2. The van der Waals surface area contributed by atoms with Crippen LogP contribution in [0, 0.1) is 5.41 Å². The molecule has 2 rings (SSSR count). The molecule has 0 unspecified atom stereocenters. The fourth-order valence-electron chi connectivity index (χ4n) is 3.87. The first-order chi connectivity index (χ1) is 14.7. The van der Waals surface area contributed by atoms with Crippen LogP contribution in [0.5, 0.6) is 5.75 Å². The predicted octanol–water partition coefficient (Wildman–Crippen LogP) is 8.23. The largest absolute Gasteiger partial charge is 0.493 e.